The van der Waals surface area contributed by atoms with E-state index in [2.05, 4.69) is 11.1 Å². The van der Waals surface area contributed by atoms with Crippen LogP contribution in [0.15, 0.2) is 87.8 Å². The Morgan fingerprint density at radius 3 is 2.53 bits per heavy atom. The van der Waals surface area contributed by atoms with E-state index in [9.17, 15) is 9.59 Å². The van der Waals surface area contributed by atoms with Crippen LogP contribution in [0.1, 0.15) is 49.1 Å². The highest BCUT2D eigenvalue weighted by molar-refractivity contribution is 7.07. The lowest BCUT2D eigenvalue weighted by Gasteiger charge is -2.25. The van der Waals surface area contributed by atoms with Crippen molar-refractivity contribution in [3.8, 4) is 17.6 Å². The quantitative estimate of drug-likeness (QED) is 0.237. The maximum Gasteiger partial charge on any atom is 0.338 e. The number of ether oxygens (including phenoxy) is 3. The van der Waals surface area contributed by atoms with Gasteiger partial charge < -0.3 is 14.2 Å². The van der Waals surface area contributed by atoms with E-state index < -0.39 is 12.0 Å². The molecule has 0 unspecified atom stereocenters. The van der Waals surface area contributed by atoms with E-state index in [0.717, 1.165) is 11.1 Å². The van der Waals surface area contributed by atoms with Crippen LogP contribution in [0.5, 0.6) is 11.5 Å². The maximum atomic E-state index is 13.9. The fraction of sp³-hybridized carbons (Fsp3) is 0.212. The second kappa shape index (κ2) is 13.1. The maximum absolute atomic E-state index is 13.9. The van der Waals surface area contributed by atoms with E-state index in [1.807, 2.05) is 37.3 Å². The molecular formula is C33H28ClN3O5S. The number of halogens is 1. The average Bonchev–Trinajstić information content (AvgIpc) is 3.30. The van der Waals surface area contributed by atoms with Gasteiger partial charge >= 0.3 is 5.97 Å². The number of allylic oxidation sites excluding steroid dienone is 1. The fourth-order valence-corrected chi connectivity index (χ4v) is 6.06. The van der Waals surface area contributed by atoms with Gasteiger partial charge in [0, 0.05) is 5.02 Å². The van der Waals surface area contributed by atoms with Crippen LogP contribution in [0.2, 0.25) is 5.02 Å². The number of esters is 1. The molecule has 0 spiro atoms. The Hall–Kier alpha value is -4.65. The molecule has 0 saturated heterocycles. The Kier molecular flexibility index (Phi) is 9.10. The molecule has 0 radical (unpaired) electrons. The summed E-state index contributed by atoms with van der Waals surface area (Å²) in [7, 11) is 0. The summed E-state index contributed by atoms with van der Waals surface area (Å²) in [6, 6.07) is 21.1. The molecule has 10 heteroatoms. The van der Waals surface area contributed by atoms with E-state index in [-0.39, 0.29) is 17.7 Å². The largest absolute Gasteiger partial charge is 0.490 e. The third kappa shape index (κ3) is 6.26. The summed E-state index contributed by atoms with van der Waals surface area (Å²) in [4.78, 5) is 32.1. The van der Waals surface area contributed by atoms with Crippen molar-refractivity contribution in [1.82, 2.24) is 4.57 Å². The van der Waals surface area contributed by atoms with Crippen molar-refractivity contribution >= 4 is 35.0 Å². The van der Waals surface area contributed by atoms with Crippen LogP contribution in [-0.2, 0) is 16.1 Å². The first-order chi connectivity index (χ1) is 20.8. The van der Waals surface area contributed by atoms with E-state index in [0.29, 0.717) is 55.9 Å². The number of aromatic nitrogens is 1. The van der Waals surface area contributed by atoms with Gasteiger partial charge in [0.25, 0.3) is 5.56 Å². The van der Waals surface area contributed by atoms with Crippen molar-refractivity contribution in [3.05, 3.63) is 125 Å². The second-order valence-corrected chi connectivity index (χ2v) is 11.0. The predicted molar refractivity (Wildman–Crippen MR) is 165 cm³/mol. The Morgan fingerprint density at radius 2 is 1.84 bits per heavy atom. The number of benzene rings is 3. The summed E-state index contributed by atoms with van der Waals surface area (Å²) in [6.45, 7) is 6.25. The molecule has 1 aliphatic rings. The average molecular weight is 614 g/mol. The number of rotatable bonds is 9. The third-order valence-electron chi connectivity index (χ3n) is 6.76. The fourth-order valence-electron chi connectivity index (χ4n) is 4.77. The van der Waals surface area contributed by atoms with Gasteiger partial charge in [0.1, 0.15) is 12.6 Å². The summed E-state index contributed by atoms with van der Waals surface area (Å²) < 4.78 is 19.2. The van der Waals surface area contributed by atoms with Gasteiger partial charge in [-0.25, -0.2) is 9.79 Å². The standard InChI is InChI=1S/C33H28ClN3O5S/c1-4-40-27-16-23(14-15-26(27)42-19-22-12-10-21(18-35)11-13-22)17-28-31(38)37-30(24-8-6-7-9-25(24)34)29(32(39)41-5-2)20(3)36-33(37)43-28/h6-17,30H,4-5,19H2,1-3H3/b28-17-/t30-/m1/s1. The first kappa shape index (κ1) is 29.8. The van der Waals surface area contributed by atoms with Crippen molar-refractivity contribution in [2.24, 2.45) is 4.99 Å². The highest BCUT2D eigenvalue weighted by Gasteiger charge is 2.34. The molecule has 0 fully saturated rings. The van der Waals surface area contributed by atoms with Crippen molar-refractivity contribution in [2.75, 3.05) is 13.2 Å². The molecule has 1 atom stereocenters. The summed E-state index contributed by atoms with van der Waals surface area (Å²) in [6.07, 6.45) is 1.77. The molecule has 1 aromatic heterocycles. The van der Waals surface area contributed by atoms with Crippen molar-refractivity contribution in [1.29, 1.82) is 5.26 Å². The predicted octanol–water partition coefficient (Wildman–Crippen LogP) is 5.30. The number of nitriles is 1. The number of nitrogens with zero attached hydrogens (tertiary/aromatic N) is 3. The van der Waals surface area contributed by atoms with Gasteiger partial charge in [-0.15, -0.1) is 0 Å². The second-order valence-electron chi connectivity index (χ2n) is 9.56. The highest BCUT2D eigenvalue weighted by atomic mass is 35.5. The monoisotopic (exact) mass is 613 g/mol. The number of hydrogen-bond acceptors (Lipinski definition) is 8. The van der Waals surface area contributed by atoms with Crippen LogP contribution in [0.4, 0.5) is 0 Å². The normalized spacial score (nSPS) is 14.5. The molecule has 1 aliphatic heterocycles. The summed E-state index contributed by atoms with van der Waals surface area (Å²) >= 11 is 7.81. The molecule has 43 heavy (non-hydrogen) atoms. The Balaban J connectivity index is 1.54. The van der Waals surface area contributed by atoms with Gasteiger partial charge in [0.15, 0.2) is 16.3 Å². The molecule has 218 valence electrons. The lowest BCUT2D eigenvalue weighted by atomic mass is 9.96. The van der Waals surface area contributed by atoms with Gasteiger partial charge in [-0.05, 0) is 73.9 Å². The van der Waals surface area contributed by atoms with Crippen molar-refractivity contribution in [3.63, 3.8) is 0 Å². The van der Waals surface area contributed by atoms with Crippen molar-refractivity contribution < 1.29 is 19.0 Å². The lowest BCUT2D eigenvalue weighted by molar-refractivity contribution is -0.139. The molecule has 8 nitrogen and oxygen atoms in total. The molecule has 0 amide bonds. The summed E-state index contributed by atoms with van der Waals surface area (Å²) in [5.74, 6) is 0.547. The smallest absolute Gasteiger partial charge is 0.338 e. The first-order valence-electron chi connectivity index (χ1n) is 13.7. The molecular weight excluding hydrogens is 586 g/mol. The molecule has 0 N–H and O–H groups in total. The number of thiazole rings is 1. The first-order valence-corrected chi connectivity index (χ1v) is 14.9. The van der Waals surface area contributed by atoms with E-state index in [1.165, 1.54) is 15.9 Å². The van der Waals surface area contributed by atoms with Crippen LogP contribution in [0.25, 0.3) is 6.08 Å². The van der Waals surface area contributed by atoms with Gasteiger partial charge in [-0.3, -0.25) is 9.36 Å². The SMILES string of the molecule is CCOC(=O)C1=C(C)N=c2s/c(=C\c3ccc(OCc4ccc(C#N)cc4)c(OCC)c3)c(=O)n2[C@@H]1c1ccccc1Cl. The molecule has 4 aromatic rings. The minimum absolute atomic E-state index is 0.185. The molecule has 5 rings (SSSR count). The Bertz CT molecular complexity index is 1940. The Labute approximate surface area is 257 Å². The van der Waals surface area contributed by atoms with Gasteiger partial charge in [0.05, 0.1) is 40.6 Å². The summed E-state index contributed by atoms with van der Waals surface area (Å²) in [5.41, 5.74) is 3.28. The van der Waals surface area contributed by atoms with Crippen LogP contribution in [0.3, 0.4) is 0 Å². The zero-order valence-corrected chi connectivity index (χ0v) is 25.4. The number of fused-ring (bicyclic) bond motifs is 1. The topological polar surface area (TPSA) is 103 Å². The van der Waals surface area contributed by atoms with Crippen LogP contribution >= 0.6 is 22.9 Å². The number of carbonyl (C=O) groups is 1. The zero-order chi connectivity index (χ0) is 30.5. The lowest BCUT2D eigenvalue weighted by Crippen LogP contribution is -2.40. The van der Waals surface area contributed by atoms with Gasteiger partial charge in [0.2, 0.25) is 0 Å². The van der Waals surface area contributed by atoms with E-state index in [1.54, 1.807) is 56.3 Å². The molecule has 0 aliphatic carbocycles. The Morgan fingerprint density at radius 1 is 1.07 bits per heavy atom. The zero-order valence-electron chi connectivity index (χ0n) is 23.8. The van der Waals surface area contributed by atoms with Crippen LogP contribution < -0.4 is 24.4 Å². The van der Waals surface area contributed by atoms with E-state index >= 15 is 0 Å². The molecule has 3 aromatic carbocycles. The molecule has 2 heterocycles. The number of hydrogen-bond donors (Lipinski definition) is 0. The molecule has 0 saturated carbocycles. The van der Waals surface area contributed by atoms with E-state index in [4.69, 9.17) is 31.1 Å². The number of carbonyl (C=O) groups excluding carboxylic acids is 1. The summed E-state index contributed by atoms with van der Waals surface area (Å²) in [5, 5.41) is 9.44. The van der Waals surface area contributed by atoms with Crippen LogP contribution in [0, 0.1) is 11.3 Å². The minimum Gasteiger partial charge on any atom is -0.490 e. The van der Waals surface area contributed by atoms with Crippen LogP contribution in [-0.4, -0.2) is 23.8 Å². The third-order valence-corrected chi connectivity index (χ3v) is 8.09. The van der Waals surface area contributed by atoms with Gasteiger partial charge in [-0.1, -0.05) is 59.3 Å². The molecule has 0 bridgehead atoms. The highest BCUT2D eigenvalue weighted by Crippen LogP contribution is 2.34. The minimum atomic E-state index is -0.789. The van der Waals surface area contributed by atoms with Crippen molar-refractivity contribution in [2.45, 2.75) is 33.4 Å². The van der Waals surface area contributed by atoms with Gasteiger partial charge in [-0.2, -0.15) is 5.26 Å².